The molecule has 0 fully saturated rings. The number of nitrogens with zero attached hydrogens (tertiary/aromatic N) is 2. The van der Waals surface area contributed by atoms with Crippen LogP contribution in [0.1, 0.15) is 22.9 Å². The van der Waals surface area contributed by atoms with E-state index in [0.29, 0.717) is 11.4 Å². The molecule has 4 nitrogen and oxygen atoms in total. The predicted octanol–water partition coefficient (Wildman–Crippen LogP) is 1.96. The molecule has 2 rings (SSSR count). The summed E-state index contributed by atoms with van der Waals surface area (Å²) in [5, 5.41) is 14.3. The van der Waals surface area contributed by atoms with Crippen molar-refractivity contribution < 1.29 is 14.2 Å². The van der Waals surface area contributed by atoms with Gasteiger partial charge in [-0.15, -0.1) is 0 Å². The number of halogens is 1. The third-order valence-electron chi connectivity index (χ3n) is 2.88. The number of aromatic nitrogens is 2. The van der Waals surface area contributed by atoms with E-state index in [4.69, 9.17) is 4.74 Å². The summed E-state index contributed by atoms with van der Waals surface area (Å²) in [5.74, 6) is -0.00396. The zero-order valence-electron chi connectivity index (χ0n) is 10.5. The van der Waals surface area contributed by atoms with Gasteiger partial charge in [-0.2, -0.15) is 5.10 Å². The SMILES string of the molecule is COc1cnn(C)c1C(O)c1ccc(C)cc1F. The summed E-state index contributed by atoms with van der Waals surface area (Å²) < 4.78 is 20.4. The first-order chi connectivity index (χ1) is 8.54. The number of hydrogen-bond donors (Lipinski definition) is 1. The quantitative estimate of drug-likeness (QED) is 0.905. The van der Waals surface area contributed by atoms with Crippen molar-refractivity contribution in [3.8, 4) is 5.75 Å². The van der Waals surface area contributed by atoms with Crippen LogP contribution in [0.3, 0.4) is 0 Å². The number of aliphatic hydroxyl groups excluding tert-OH is 1. The number of benzene rings is 1. The average Bonchev–Trinajstić information content (AvgIpc) is 2.69. The second-order valence-corrected chi connectivity index (χ2v) is 4.15. The molecule has 1 aromatic carbocycles. The summed E-state index contributed by atoms with van der Waals surface area (Å²) in [7, 11) is 3.16. The fourth-order valence-electron chi connectivity index (χ4n) is 1.90. The summed E-state index contributed by atoms with van der Waals surface area (Å²) in [5.41, 5.74) is 1.45. The summed E-state index contributed by atoms with van der Waals surface area (Å²) in [6.45, 7) is 1.80. The lowest BCUT2D eigenvalue weighted by Gasteiger charge is -2.14. The van der Waals surface area contributed by atoms with E-state index in [0.717, 1.165) is 5.56 Å². The van der Waals surface area contributed by atoms with Crippen LogP contribution >= 0.6 is 0 Å². The zero-order chi connectivity index (χ0) is 13.3. The molecule has 1 aromatic heterocycles. The van der Waals surface area contributed by atoms with Crippen LogP contribution in [0.2, 0.25) is 0 Å². The Morgan fingerprint density at radius 1 is 1.44 bits per heavy atom. The van der Waals surface area contributed by atoms with Gasteiger partial charge in [0.1, 0.15) is 17.6 Å². The summed E-state index contributed by atoms with van der Waals surface area (Å²) in [6.07, 6.45) is 0.387. The summed E-state index contributed by atoms with van der Waals surface area (Å²) >= 11 is 0. The van der Waals surface area contributed by atoms with Crippen LogP contribution in [-0.4, -0.2) is 22.0 Å². The van der Waals surface area contributed by atoms with E-state index in [1.807, 2.05) is 0 Å². The molecule has 0 saturated carbocycles. The van der Waals surface area contributed by atoms with Crippen LogP contribution in [0.25, 0.3) is 0 Å². The average molecular weight is 250 g/mol. The van der Waals surface area contributed by atoms with Crippen molar-refractivity contribution in [2.45, 2.75) is 13.0 Å². The van der Waals surface area contributed by atoms with Gasteiger partial charge >= 0.3 is 0 Å². The Morgan fingerprint density at radius 3 is 2.78 bits per heavy atom. The molecule has 0 saturated heterocycles. The standard InChI is InChI=1S/C13H15FN2O2/c1-8-4-5-9(10(14)6-8)13(17)12-11(18-3)7-15-16(12)2/h4-7,13,17H,1-3H3. The maximum Gasteiger partial charge on any atom is 0.162 e. The van der Waals surface area contributed by atoms with Crippen LogP contribution < -0.4 is 4.74 Å². The first kappa shape index (κ1) is 12.6. The molecular formula is C13H15FN2O2. The smallest absolute Gasteiger partial charge is 0.162 e. The van der Waals surface area contributed by atoms with E-state index >= 15 is 0 Å². The van der Waals surface area contributed by atoms with Gasteiger partial charge in [-0.1, -0.05) is 12.1 Å². The fraction of sp³-hybridized carbons (Fsp3) is 0.308. The summed E-state index contributed by atoms with van der Waals surface area (Å²) in [4.78, 5) is 0. The van der Waals surface area contributed by atoms with Gasteiger partial charge < -0.3 is 9.84 Å². The molecule has 2 aromatic rings. The van der Waals surface area contributed by atoms with E-state index in [1.54, 1.807) is 26.1 Å². The molecule has 0 bridgehead atoms. The van der Waals surface area contributed by atoms with Gasteiger partial charge in [0, 0.05) is 12.6 Å². The molecule has 0 radical (unpaired) electrons. The van der Waals surface area contributed by atoms with E-state index in [9.17, 15) is 9.50 Å². The van der Waals surface area contributed by atoms with Crippen molar-refractivity contribution in [3.63, 3.8) is 0 Å². The normalized spacial score (nSPS) is 12.5. The Balaban J connectivity index is 2.47. The van der Waals surface area contributed by atoms with Gasteiger partial charge in [0.05, 0.1) is 13.3 Å². The maximum atomic E-state index is 13.8. The number of aliphatic hydroxyl groups is 1. The van der Waals surface area contributed by atoms with Gasteiger partial charge in [0.15, 0.2) is 5.75 Å². The lowest BCUT2D eigenvalue weighted by molar-refractivity contribution is 0.199. The van der Waals surface area contributed by atoms with Crippen LogP contribution in [0.15, 0.2) is 24.4 Å². The Bertz CT molecular complexity index is 566. The Morgan fingerprint density at radius 2 is 2.17 bits per heavy atom. The third-order valence-corrected chi connectivity index (χ3v) is 2.88. The van der Waals surface area contributed by atoms with Crippen molar-refractivity contribution in [2.24, 2.45) is 7.05 Å². The predicted molar refractivity (Wildman–Crippen MR) is 65.0 cm³/mol. The maximum absolute atomic E-state index is 13.8. The molecule has 0 amide bonds. The highest BCUT2D eigenvalue weighted by molar-refractivity contribution is 5.36. The molecular weight excluding hydrogens is 235 g/mol. The molecule has 0 aliphatic rings. The number of hydrogen-bond acceptors (Lipinski definition) is 3. The highest BCUT2D eigenvalue weighted by Gasteiger charge is 2.22. The minimum atomic E-state index is -1.10. The number of aryl methyl sites for hydroxylation is 2. The molecule has 1 atom stereocenters. The van der Waals surface area contributed by atoms with Gasteiger partial charge in [-0.3, -0.25) is 4.68 Å². The molecule has 5 heteroatoms. The fourth-order valence-corrected chi connectivity index (χ4v) is 1.90. The molecule has 0 aliphatic carbocycles. The van der Waals surface area contributed by atoms with Gasteiger partial charge in [0.25, 0.3) is 0 Å². The number of methoxy groups -OCH3 is 1. The van der Waals surface area contributed by atoms with Crippen LogP contribution in [-0.2, 0) is 7.05 Å². The first-order valence-electron chi connectivity index (χ1n) is 5.54. The van der Waals surface area contributed by atoms with Crippen molar-refractivity contribution in [3.05, 3.63) is 47.0 Å². The van der Waals surface area contributed by atoms with E-state index < -0.39 is 11.9 Å². The molecule has 1 N–H and O–H groups in total. The minimum Gasteiger partial charge on any atom is -0.493 e. The van der Waals surface area contributed by atoms with Crippen molar-refractivity contribution in [2.75, 3.05) is 7.11 Å². The van der Waals surface area contributed by atoms with E-state index in [1.165, 1.54) is 24.1 Å². The van der Waals surface area contributed by atoms with Gasteiger partial charge in [0.2, 0.25) is 0 Å². The van der Waals surface area contributed by atoms with Crippen LogP contribution in [0.5, 0.6) is 5.75 Å². The zero-order valence-corrected chi connectivity index (χ0v) is 10.5. The number of rotatable bonds is 3. The molecule has 1 unspecified atom stereocenters. The summed E-state index contributed by atoms with van der Waals surface area (Å²) in [6, 6.07) is 4.72. The molecule has 0 spiro atoms. The van der Waals surface area contributed by atoms with E-state index in [-0.39, 0.29) is 5.56 Å². The lowest BCUT2D eigenvalue weighted by atomic mass is 10.0. The topological polar surface area (TPSA) is 47.3 Å². The molecule has 96 valence electrons. The van der Waals surface area contributed by atoms with Crippen molar-refractivity contribution >= 4 is 0 Å². The largest absolute Gasteiger partial charge is 0.493 e. The van der Waals surface area contributed by atoms with Gasteiger partial charge in [-0.05, 0) is 18.6 Å². The Labute approximate surface area is 105 Å². The van der Waals surface area contributed by atoms with Crippen molar-refractivity contribution in [1.29, 1.82) is 0 Å². The monoisotopic (exact) mass is 250 g/mol. The number of ether oxygens (including phenoxy) is 1. The van der Waals surface area contributed by atoms with E-state index in [2.05, 4.69) is 5.10 Å². The highest BCUT2D eigenvalue weighted by Crippen LogP contribution is 2.30. The lowest BCUT2D eigenvalue weighted by Crippen LogP contribution is -2.09. The molecule has 0 aliphatic heterocycles. The first-order valence-corrected chi connectivity index (χ1v) is 5.54. The molecule has 18 heavy (non-hydrogen) atoms. The van der Waals surface area contributed by atoms with Gasteiger partial charge in [-0.25, -0.2) is 4.39 Å². The van der Waals surface area contributed by atoms with Crippen LogP contribution in [0.4, 0.5) is 4.39 Å². The third kappa shape index (κ3) is 2.09. The minimum absolute atomic E-state index is 0.211. The molecule has 1 heterocycles. The van der Waals surface area contributed by atoms with Crippen molar-refractivity contribution in [1.82, 2.24) is 9.78 Å². The van der Waals surface area contributed by atoms with Crippen LogP contribution in [0, 0.1) is 12.7 Å². The Kier molecular flexibility index (Phi) is 3.34. The second-order valence-electron chi connectivity index (χ2n) is 4.15. The highest BCUT2D eigenvalue weighted by atomic mass is 19.1. The Hall–Kier alpha value is -1.88. The second kappa shape index (κ2) is 4.78.